The Labute approximate surface area is 126 Å². The third-order valence-electron chi connectivity index (χ3n) is 4.25. The van der Waals surface area contributed by atoms with E-state index in [1.807, 2.05) is 19.1 Å². The van der Waals surface area contributed by atoms with E-state index < -0.39 is 0 Å². The molecule has 1 aliphatic rings. The number of carbonyl (C=O) groups excluding carboxylic acids is 1. The van der Waals surface area contributed by atoms with Crippen LogP contribution in [0.2, 0.25) is 0 Å². The van der Waals surface area contributed by atoms with Gasteiger partial charge in [0.25, 0.3) is 0 Å². The molecule has 1 aromatic carbocycles. The molecule has 0 radical (unpaired) electrons. The Bertz CT molecular complexity index is 469. The van der Waals surface area contributed by atoms with Gasteiger partial charge in [0, 0.05) is 13.1 Å². The Kier molecular flexibility index (Phi) is 5.33. The molecule has 1 aromatic rings. The first-order valence-corrected chi connectivity index (χ1v) is 7.45. The summed E-state index contributed by atoms with van der Waals surface area (Å²) in [5, 5.41) is 9.31. The van der Waals surface area contributed by atoms with Gasteiger partial charge in [-0.2, -0.15) is 0 Å². The van der Waals surface area contributed by atoms with Gasteiger partial charge in [-0.05, 0) is 43.9 Å². The number of aliphatic hydroxyl groups is 1. The topological polar surface area (TPSA) is 78.6 Å². The minimum atomic E-state index is -0.238. The lowest BCUT2D eigenvalue weighted by molar-refractivity contribution is -0.122. The van der Waals surface area contributed by atoms with E-state index in [-0.39, 0.29) is 17.9 Å². The molecule has 0 heterocycles. The number of aliphatic hydroxyl groups excluding tert-OH is 1. The van der Waals surface area contributed by atoms with E-state index >= 15 is 0 Å². The first-order valence-electron chi connectivity index (χ1n) is 7.45. The van der Waals surface area contributed by atoms with Crippen molar-refractivity contribution < 1.29 is 9.90 Å². The van der Waals surface area contributed by atoms with Crippen LogP contribution in [0.15, 0.2) is 24.3 Å². The molecule has 116 valence electrons. The second kappa shape index (κ2) is 7.02. The van der Waals surface area contributed by atoms with Crippen molar-refractivity contribution >= 4 is 5.91 Å². The predicted octanol–water partition coefficient (Wildman–Crippen LogP) is 0.983. The zero-order valence-corrected chi connectivity index (χ0v) is 12.7. The highest BCUT2D eigenvalue weighted by molar-refractivity contribution is 5.82. The number of benzene rings is 1. The minimum absolute atomic E-state index is 0.0853. The van der Waals surface area contributed by atoms with Gasteiger partial charge in [0.1, 0.15) is 0 Å². The maximum absolute atomic E-state index is 11.5. The highest BCUT2D eigenvalue weighted by Crippen LogP contribution is 2.28. The number of amides is 1. The summed E-state index contributed by atoms with van der Waals surface area (Å²) in [5.74, 6) is 5.36. The van der Waals surface area contributed by atoms with Gasteiger partial charge in [-0.15, -0.1) is 0 Å². The van der Waals surface area contributed by atoms with Crippen LogP contribution < -0.4 is 11.3 Å². The zero-order valence-electron chi connectivity index (χ0n) is 12.7. The smallest absolute Gasteiger partial charge is 0.241 e. The summed E-state index contributed by atoms with van der Waals surface area (Å²) in [6, 6.07) is 8.08. The van der Waals surface area contributed by atoms with E-state index in [2.05, 4.69) is 29.5 Å². The second-order valence-corrected chi connectivity index (χ2v) is 6.16. The van der Waals surface area contributed by atoms with Gasteiger partial charge in [-0.1, -0.05) is 24.3 Å². The SMILES string of the molecule is CC(C(=O)NN)c1ccc(CN(C)CC2CC(O)C2)cc1. The number of carbonyl (C=O) groups is 1. The predicted molar refractivity (Wildman–Crippen MR) is 82.3 cm³/mol. The summed E-state index contributed by atoms with van der Waals surface area (Å²) in [5.41, 5.74) is 4.37. The standard InChI is InChI=1S/C16H25N3O2/c1-11(16(21)18-17)14-5-3-12(4-6-14)9-19(2)10-13-7-15(20)8-13/h3-6,11,13,15,20H,7-10,17H2,1-2H3,(H,18,21). The number of nitrogens with two attached hydrogens (primary N) is 1. The molecule has 0 saturated heterocycles. The lowest BCUT2D eigenvalue weighted by Gasteiger charge is -2.34. The highest BCUT2D eigenvalue weighted by Gasteiger charge is 2.27. The van der Waals surface area contributed by atoms with Crippen LogP contribution in [-0.2, 0) is 11.3 Å². The number of hydrazine groups is 1. The van der Waals surface area contributed by atoms with Crippen molar-refractivity contribution in [3.63, 3.8) is 0 Å². The normalized spacial score (nSPS) is 22.7. The van der Waals surface area contributed by atoms with E-state index in [1.165, 1.54) is 5.56 Å². The number of hydrogen-bond donors (Lipinski definition) is 3. The molecule has 5 heteroatoms. The van der Waals surface area contributed by atoms with E-state index in [9.17, 15) is 9.90 Å². The van der Waals surface area contributed by atoms with Crippen molar-refractivity contribution in [2.24, 2.45) is 11.8 Å². The van der Waals surface area contributed by atoms with Crippen LogP contribution in [0.5, 0.6) is 0 Å². The van der Waals surface area contributed by atoms with Crippen molar-refractivity contribution in [3.05, 3.63) is 35.4 Å². The van der Waals surface area contributed by atoms with Gasteiger partial charge in [0.05, 0.1) is 12.0 Å². The van der Waals surface area contributed by atoms with Crippen molar-refractivity contribution in [1.82, 2.24) is 10.3 Å². The molecule has 1 fully saturated rings. The van der Waals surface area contributed by atoms with Gasteiger partial charge < -0.3 is 10.0 Å². The fourth-order valence-electron chi connectivity index (χ4n) is 2.85. The maximum Gasteiger partial charge on any atom is 0.241 e. The summed E-state index contributed by atoms with van der Waals surface area (Å²) < 4.78 is 0. The Morgan fingerprint density at radius 2 is 2.05 bits per heavy atom. The van der Waals surface area contributed by atoms with Crippen molar-refractivity contribution in [2.45, 2.75) is 38.3 Å². The summed E-state index contributed by atoms with van der Waals surface area (Å²) in [6.45, 7) is 3.74. The molecule has 1 aliphatic carbocycles. The van der Waals surface area contributed by atoms with Crippen LogP contribution in [0.4, 0.5) is 0 Å². The number of hydrogen-bond acceptors (Lipinski definition) is 4. The average molecular weight is 291 g/mol. The maximum atomic E-state index is 11.5. The molecule has 1 amide bonds. The van der Waals surface area contributed by atoms with E-state index in [0.717, 1.165) is 31.5 Å². The molecule has 21 heavy (non-hydrogen) atoms. The van der Waals surface area contributed by atoms with Gasteiger partial charge >= 0.3 is 0 Å². The van der Waals surface area contributed by atoms with Crippen molar-refractivity contribution in [1.29, 1.82) is 0 Å². The molecule has 1 saturated carbocycles. The quantitative estimate of drug-likeness (QED) is 0.415. The molecular formula is C16H25N3O2. The third kappa shape index (κ3) is 4.27. The van der Waals surface area contributed by atoms with E-state index in [0.29, 0.717) is 5.92 Å². The number of nitrogens with one attached hydrogen (secondary N) is 1. The van der Waals surface area contributed by atoms with Crippen molar-refractivity contribution in [3.8, 4) is 0 Å². The Morgan fingerprint density at radius 1 is 1.43 bits per heavy atom. The summed E-state index contributed by atoms with van der Waals surface area (Å²) in [4.78, 5) is 13.8. The molecule has 0 aliphatic heterocycles. The van der Waals surface area contributed by atoms with Crippen LogP contribution in [0, 0.1) is 5.92 Å². The van der Waals surface area contributed by atoms with E-state index in [1.54, 1.807) is 0 Å². The molecule has 0 bridgehead atoms. The molecule has 1 atom stereocenters. The zero-order chi connectivity index (χ0) is 15.4. The van der Waals surface area contributed by atoms with Gasteiger partial charge in [-0.25, -0.2) is 5.84 Å². The first-order chi connectivity index (χ1) is 9.99. The second-order valence-electron chi connectivity index (χ2n) is 6.16. The Balaban J connectivity index is 1.85. The summed E-state index contributed by atoms with van der Waals surface area (Å²) >= 11 is 0. The third-order valence-corrected chi connectivity index (χ3v) is 4.25. The average Bonchev–Trinajstić information content (AvgIpc) is 2.44. The molecule has 0 aromatic heterocycles. The number of nitrogens with zero attached hydrogens (tertiary/aromatic N) is 1. The van der Waals surface area contributed by atoms with Gasteiger partial charge in [-0.3, -0.25) is 10.2 Å². The lowest BCUT2D eigenvalue weighted by atomic mass is 9.82. The van der Waals surface area contributed by atoms with Gasteiger partial charge in [0.15, 0.2) is 0 Å². The highest BCUT2D eigenvalue weighted by atomic mass is 16.3. The monoisotopic (exact) mass is 291 g/mol. The Hall–Kier alpha value is -1.43. The lowest BCUT2D eigenvalue weighted by Crippen LogP contribution is -2.36. The first kappa shape index (κ1) is 15.9. The van der Waals surface area contributed by atoms with Crippen LogP contribution in [0.25, 0.3) is 0 Å². The van der Waals surface area contributed by atoms with Crippen LogP contribution >= 0.6 is 0 Å². The molecular weight excluding hydrogens is 266 g/mol. The molecule has 1 unspecified atom stereocenters. The largest absolute Gasteiger partial charge is 0.393 e. The van der Waals surface area contributed by atoms with Crippen LogP contribution in [0.3, 0.4) is 0 Å². The molecule has 0 spiro atoms. The van der Waals surface area contributed by atoms with Crippen LogP contribution in [0.1, 0.15) is 36.8 Å². The number of rotatable bonds is 6. The van der Waals surface area contributed by atoms with Gasteiger partial charge in [0.2, 0.25) is 5.91 Å². The van der Waals surface area contributed by atoms with Crippen LogP contribution in [-0.4, -0.2) is 35.6 Å². The molecule has 4 N–H and O–H groups in total. The van der Waals surface area contributed by atoms with Crippen molar-refractivity contribution in [2.75, 3.05) is 13.6 Å². The molecule has 2 rings (SSSR count). The summed E-state index contributed by atoms with van der Waals surface area (Å²) in [6.07, 6.45) is 1.77. The fourth-order valence-corrected chi connectivity index (χ4v) is 2.85. The molecule has 5 nitrogen and oxygen atoms in total. The van der Waals surface area contributed by atoms with E-state index in [4.69, 9.17) is 5.84 Å². The Morgan fingerprint density at radius 3 is 2.57 bits per heavy atom. The minimum Gasteiger partial charge on any atom is -0.393 e. The summed E-state index contributed by atoms with van der Waals surface area (Å²) in [7, 11) is 2.10. The fraction of sp³-hybridized carbons (Fsp3) is 0.562.